The summed E-state index contributed by atoms with van der Waals surface area (Å²) < 4.78 is 0. The maximum atomic E-state index is 12.0. The number of alkyl halides is 1. The Balaban J connectivity index is 2.30. The maximum Gasteiger partial charge on any atom is 0.156 e. The lowest BCUT2D eigenvalue weighted by Gasteiger charge is -2.15. The Morgan fingerprint density at radius 3 is 2.36 bits per heavy atom. The van der Waals surface area contributed by atoms with Gasteiger partial charge in [0.15, 0.2) is 5.78 Å². The van der Waals surface area contributed by atoms with E-state index in [2.05, 4.69) is 28.1 Å². The zero-order valence-electron chi connectivity index (χ0n) is 8.16. The van der Waals surface area contributed by atoms with Crippen molar-refractivity contribution in [1.29, 1.82) is 0 Å². The summed E-state index contributed by atoms with van der Waals surface area (Å²) in [6.45, 7) is 1.91. The zero-order valence-corrected chi connectivity index (χ0v) is 9.75. The van der Waals surface area contributed by atoms with Crippen LogP contribution in [-0.4, -0.2) is 10.6 Å². The van der Waals surface area contributed by atoms with Crippen LogP contribution in [0.1, 0.15) is 25.3 Å². The van der Waals surface area contributed by atoms with E-state index < -0.39 is 0 Å². The Morgan fingerprint density at radius 1 is 1.36 bits per heavy atom. The van der Waals surface area contributed by atoms with Crippen LogP contribution < -0.4 is 0 Å². The average molecular weight is 253 g/mol. The molecule has 1 unspecified atom stereocenters. The lowest BCUT2D eigenvalue weighted by Crippen LogP contribution is -2.26. The molecule has 0 bridgehead atoms. The molecule has 1 fully saturated rings. The normalized spacial score (nSPS) is 20.1. The molecule has 1 aliphatic carbocycles. The minimum Gasteiger partial charge on any atom is -0.297 e. The number of hydrogen-bond donors (Lipinski definition) is 0. The second-order valence-corrected chi connectivity index (χ2v) is 5.30. The standard InChI is InChI=1S/C12H13BrO/c1-9(13)11(14)12(7-8-12)10-5-3-2-4-6-10/h2-6,9H,7-8H2,1H3. The van der Waals surface area contributed by atoms with Crippen LogP contribution in [0, 0.1) is 0 Å². The predicted molar refractivity (Wildman–Crippen MR) is 60.8 cm³/mol. The van der Waals surface area contributed by atoms with E-state index in [0.29, 0.717) is 5.78 Å². The second-order valence-electron chi connectivity index (χ2n) is 3.93. The van der Waals surface area contributed by atoms with Crippen molar-refractivity contribution in [3.8, 4) is 0 Å². The van der Waals surface area contributed by atoms with Gasteiger partial charge in [0.25, 0.3) is 0 Å². The third-order valence-electron chi connectivity index (χ3n) is 2.91. The molecule has 1 aliphatic rings. The molecule has 1 atom stereocenters. The summed E-state index contributed by atoms with van der Waals surface area (Å²) in [7, 11) is 0. The molecule has 0 radical (unpaired) electrons. The van der Waals surface area contributed by atoms with Crippen molar-refractivity contribution >= 4 is 21.7 Å². The number of Topliss-reactive ketones (excluding diaryl/α,β-unsaturated/α-hetero) is 1. The molecule has 74 valence electrons. The van der Waals surface area contributed by atoms with E-state index in [1.165, 1.54) is 5.56 Å². The molecule has 1 aromatic carbocycles. The number of carbonyl (C=O) groups is 1. The highest BCUT2D eigenvalue weighted by Crippen LogP contribution is 2.50. The minimum absolute atomic E-state index is 0.0368. The topological polar surface area (TPSA) is 17.1 Å². The van der Waals surface area contributed by atoms with Crippen LogP contribution >= 0.6 is 15.9 Å². The minimum atomic E-state index is -0.163. The summed E-state index contributed by atoms with van der Waals surface area (Å²) in [6.07, 6.45) is 2.01. The summed E-state index contributed by atoms with van der Waals surface area (Å²) in [5.74, 6) is 0.323. The van der Waals surface area contributed by atoms with Crippen molar-refractivity contribution in [3.05, 3.63) is 35.9 Å². The second kappa shape index (κ2) is 3.50. The van der Waals surface area contributed by atoms with E-state index in [1.54, 1.807) is 0 Å². The van der Waals surface area contributed by atoms with Crippen molar-refractivity contribution in [2.75, 3.05) is 0 Å². The number of hydrogen-bond acceptors (Lipinski definition) is 1. The van der Waals surface area contributed by atoms with Crippen LogP contribution in [0.4, 0.5) is 0 Å². The van der Waals surface area contributed by atoms with Gasteiger partial charge in [-0.05, 0) is 25.3 Å². The molecule has 1 aromatic rings. The molecule has 0 aromatic heterocycles. The first kappa shape index (κ1) is 9.91. The first-order valence-electron chi connectivity index (χ1n) is 4.91. The van der Waals surface area contributed by atoms with E-state index in [9.17, 15) is 4.79 Å². The number of rotatable bonds is 3. The first-order chi connectivity index (χ1) is 6.67. The van der Waals surface area contributed by atoms with Crippen molar-refractivity contribution in [1.82, 2.24) is 0 Å². The highest BCUT2D eigenvalue weighted by Gasteiger charge is 2.51. The molecule has 0 spiro atoms. The highest BCUT2D eigenvalue weighted by atomic mass is 79.9. The van der Waals surface area contributed by atoms with Gasteiger partial charge in [-0.3, -0.25) is 4.79 Å². The lowest BCUT2D eigenvalue weighted by atomic mass is 9.90. The van der Waals surface area contributed by atoms with Gasteiger partial charge in [0.2, 0.25) is 0 Å². The Bertz CT molecular complexity index is 339. The molecule has 2 heteroatoms. The molecule has 0 N–H and O–H groups in total. The summed E-state index contributed by atoms with van der Waals surface area (Å²) in [4.78, 5) is 11.9. The molecular formula is C12H13BrO. The third kappa shape index (κ3) is 1.52. The van der Waals surface area contributed by atoms with Crippen molar-refractivity contribution < 1.29 is 4.79 Å². The summed E-state index contributed by atoms with van der Waals surface area (Å²) >= 11 is 3.36. The average Bonchev–Trinajstić information content (AvgIpc) is 2.99. The molecule has 0 amide bonds. The Morgan fingerprint density at radius 2 is 1.93 bits per heavy atom. The van der Waals surface area contributed by atoms with Gasteiger partial charge in [0.1, 0.15) is 0 Å². The Labute approximate surface area is 92.6 Å². The molecular weight excluding hydrogens is 240 g/mol. The Hall–Kier alpha value is -0.630. The molecule has 2 rings (SSSR count). The van der Waals surface area contributed by atoms with Crippen LogP contribution in [0.5, 0.6) is 0 Å². The number of halogens is 1. The number of benzene rings is 1. The fourth-order valence-corrected chi connectivity index (χ4v) is 2.38. The van der Waals surface area contributed by atoms with Crippen LogP contribution in [0.25, 0.3) is 0 Å². The fraction of sp³-hybridized carbons (Fsp3) is 0.417. The monoisotopic (exact) mass is 252 g/mol. The zero-order chi connectivity index (χ0) is 10.2. The van der Waals surface area contributed by atoms with Crippen molar-refractivity contribution in [2.24, 2.45) is 0 Å². The van der Waals surface area contributed by atoms with Gasteiger partial charge in [0.05, 0.1) is 10.2 Å². The largest absolute Gasteiger partial charge is 0.297 e. The maximum absolute atomic E-state index is 12.0. The van der Waals surface area contributed by atoms with Crippen LogP contribution in [0.3, 0.4) is 0 Å². The molecule has 0 aliphatic heterocycles. The van der Waals surface area contributed by atoms with E-state index in [0.717, 1.165) is 12.8 Å². The summed E-state index contributed by atoms with van der Waals surface area (Å²) in [5.41, 5.74) is 1.01. The molecule has 0 heterocycles. The smallest absolute Gasteiger partial charge is 0.156 e. The molecule has 0 saturated heterocycles. The quantitative estimate of drug-likeness (QED) is 0.756. The third-order valence-corrected chi connectivity index (χ3v) is 3.33. The Kier molecular flexibility index (Phi) is 2.48. The van der Waals surface area contributed by atoms with Gasteiger partial charge in [0, 0.05) is 0 Å². The van der Waals surface area contributed by atoms with E-state index in [1.807, 2.05) is 25.1 Å². The number of ketones is 1. The van der Waals surface area contributed by atoms with Gasteiger partial charge in [-0.25, -0.2) is 0 Å². The van der Waals surface area contributed by atoms with Crippen LogP contribution in [0.15, 0.2) is 30.3 Å². The van der Waals surface area contributed by atoms with E-state index >= 15 is 0 Å². The summed E-state index contributed by atoms with van der Waals surface area (Å²) in [5, 5.41) is 0. The first-order valence-corrected chi connectivity index (χ1v) is 5.82. The number of carbonyl (C=O) groups excluding carboxylic acids is 1. The predicted octanol–water partition coefficient (Wildman–Crippen LogP) is 3.07. The van der Waals surface area contributed by atoms with Gasteiger partial charge in [-0.1, -0.05) is 46.3 Å². The SMILES string of the molecule is CC(Br)C(=O)C1(c2ccccc2)CC1. The van der Waals surface area contributed by atoms with Crippen LogP contribution in [-0.2, 0) is 10.2 Å². The molecule has 1 nitrogen and oxygen atoms in total. The fourth-order valence-electron chi connectivity index (χ4n) is 1.94. The van der Waals surface area contributed by atoms with Gasteiger partial charge < -0.3 is 0 Å². The molecule has 14 heavy (non-hydrogen) atoms. The highest BCUT2D eigenvalue weighted by molar-refractivity contribution is 9.10. The van der Waals surface area contributed by atoms with Crippen LogP contribution in [0.2, 0.25) is 0 Å². The van der Waals surface area contributed by atoms with Crippen molar-refractivity contribution in [3.63, 3.8) is 0 Å². The van der Waals surface area contributed by atoms with Crippen molar-refractivity contribution in [2.45, 2.75) is 30.0 Å². The lowest BCUT2D eigenvalue weighted by molar-refractivity contribution is -0.120. The molecule has 1 saturated carbocycles. The van der Waals surface area contributed by atoms with E-state index in [-0.39, 0.29) is 10.2 Å². The van der Waals surface area contributed by atoms with Gasteiger partial charge >= 0.3 is 0 Å². The summed E-state index contributed by atoms with van der Waals surface area (Å²) in [6, 6.07) is 10.1. The van der Waals surface area contributed by atoms with Gasteiger partial charge in [-0.15, -0.1) is 0 Å². The van der Waals surface area contributed by atoms with Gasteiger partial charge in [-0.2, -0.15) is 0 Å². The van der Waals surface area contributed by atoms with E-state index in [4.69, 9.17) is 0 Å².